The number of ether oxygens (including phenoxy) is 1. The first-order valence-electron chi connectivity index (χ1n) is 8.89. The zero-order chi connectivity index (χ0) is 18.9. The number of benzene rings is 2. The van der Waals surface area contributed by atoms with Crippen molar-refractivity contribution in [1.29, 1.82) is 0 Å². The van der Waals surface area contributed by atoms with Gasteiger partial charge in [0, 0.05) is 30.3 Å². The predicted molar refractivity (Wildman–Crippen MR) is 107 cm³/mol. The van der Waals surface area contributed by atoms with Crippen LogP contribution in [-0.2, 0) is 11.2 Å². The Balaban J connectivity index is 1.33. The van der Waals surface area contributed by atoms with E-state index < -0.39 is 0 Å². The van der Waals surface area contributed by atoms with Crippen LogP contribution in [0.15, 0.2) is 60.0 Å². The maximum atomic E-state index is 11.9. The number of nitrogens with zero attached hydrogens (tertiary/aromatic N) is 1. The van der Waals surface area contributed by atoms with Gasteiger partial charge < -0.3 is 15.2 Å². The van der Waals surface area contributed by atoms with Crippen molar-refractivity contribution in [2.75, 3.05) is 13.2 Å². The monoisotopic (exact) mass is 382 g/mol. The number of nitrogens with one attached hydrogen (secondary N) is 1. The maximum Gasteiger partial charge on any atom is 0.220 e. The number of phenolic OH excluding ortho intramolecular Hbond substituents is 1. The second-order valence-corrected chi connectivity index (χ2v) is 6.98. The Labute approximate surface area is 162 Å². The summed E-state index contributed by atoms with van der Waals surface area (Å²) in [5.74, 6) is 1.10. The number of hydrogen-bond donors (Lipinski definition) is 2. The molecular weight excluding hydrogens is 360 g/mol. The summed E-state index contributed by atoms with van der Waals surface area (Å²) >= 11 is 1.57. The molecule has 0 spiro atoms. The summed E-state index contributed by atoms with van der Waals surface area (Å²) in [6.45, 7) is 1.10. The van der Waals surface area contributed by atoms with Crippen LogP contribution in [0.25, 0.3) is 11.3 Å². The molecule has 0 aliphatic carbocycles. The number of hydrogen-bond acceptors (Lipinski definition) is 5. The van der Waals surface area contributed by atoms with E-state index in [1.165, 1.54) is 0 Å². The Morgan fingerprint density at radius 1 is 1.11 bits per heavy atom. The third kappa shape index (κ3) is 6.11. The quantitative estimate of drug-likeness (QED) is 0.548. The van der Waals surface area contributed by atoms with Crippen molar-refractivity contribution < 1.29 is 14.6 Å². The third-order valence-electron chi connectivity index (χ3n) is 3.94. The van der Waals surface area contributed by atoms with Gasteiger partial charge in [-0.05, 0) is 42.8 Å². The molecule has 0 saturated heterocycles. The molecule has 0 fully saturated rings. The Kier molecular flexibility index (Phi) is 6.82. The molecule has 140 valence electrons. The van der Waals surface area contributed by atoms with Gasteiger partial charge in [0.25, 0.3) is 0 Å². The summed E-state index contributed by atoms with van der Waals surface area (Å²) in [6, 6.07) is 16.6. The van der Waals surface area contributed by atoms with Crippen molar-refractivity contribution in [3.8, 4) is 22.8 Å². The maximum absolute atomic E-state index is 11.9. The molecule has 2 N–H and O–H groups in total. The van der Waals surface area contributed by atoms with E-state index in [9.17, 15) is 9.90 Å². The van der Waals surface area contributed by atoms with Gasteiger partial charge in [-0.15, -0.1) is 11.3 Å². The SMILES string of the molecule is O=C(CCCOc1ccccc1)NCCc1nc(-c2ccc(O)cc2)cs1. The first-order chi connectivity index (χ1) is 13.2. The molecule has 27 heavy (non-hydrogen) atoms. The fraction of sp³-hybridized carbons (Fsp3) is 0.238. The fourth-order valence-corrected chi connectivity index (χ4v) is 3.33. The van der Waals surface area contributed by atoms with Crippen LogP contribution in [0.3, 0.4) is 0 Å². The molecule has 2 aromatic carbocycles. The molecule has 0 unspecified atom stereocenters. The first-order valence-corrected chi connectivity index (χ1v) is 9.77. The minimum atomic E-state index is 0.0296. The number of aromatic nitrogens is 1. The van der Waals surface area contributed by atoms with Crippen molar-refractivity contribution in [1.82, 2.24) is 10.3 Å². The number of thiazole rings is 1. The van der Waals surface area contributed by atoms with Crippen molar-refractivity contribution in [3.63, 3.8) is 0 Å². The molecule has 1 aromatic heterocycles. The number of para-hydroxylation sites is 1. The highest BCUT2D eigenvalue weighted by Gasteiger charge is 2.06. The summed E-state index contributed by atoms with van der Waals surface area (Å²) in [7, 11) is 0. The Morgan fingerprint density at radius 3 is 2.67 bits per heavy atom. The number of aromatic hydroxyl groups is 1. The molecule has 0 aliphatic rings. The average Bonchev–Trinajstić information content (AvgIpc) is 3.15. The van der Waals surface area contributed by atoms with Crippen LogP contribution in [0.5, 0.6) is 11.5 Å². The second kappa shape index (κ2) is 9.73. The molecule has 6 heteroatoms. The number of carbonyl (C=O) groups excluding carboxylic acids is 1. The lowest BCUT2D eigenvalue weighted by Crippen LogP contribution is -2.25. The average molecular weight is 382 g/mol. The minimum Gasteiger partial charge on any atom is -0.508 e. The third-order valence-corrected chi connectivity index (χ3v) is 4.84. The molecule has 1 amide bonds. The van der Waals surface area contributed by atoms with E-state index >= 15 is 0 Å². The predicted octanol–water partition coefficient (Wildman–Crippen LogP) is 4.03. The minimum absolute atomic E-state index is 0.0296. The number of amides is 1. The molecule has 3 aromatic rings. The van der Waals surface area contributed by atoms with Gasteiger partial charge in [0.15, 0.2) is 0 Å². The van der Waals surface area contributed by atoms with Crippen LogP contribution in [0.2, 0.25) is 0 Å². The van der Waals surface area contributed by atoms with E-state index in [0.717, 1.165) is 22.0 Å². The zero-order valence-corrected chi connectivity index (χ0v) is 15.7. The van der Waals surface area contributed by atoms with Crippen molar-refractivity contribution in [2.45, 2.75) is 19.3 Å². The fourth-order valence-electron chi connectivity index (χ4n) is 2.53. The van der Waals surface area contributed by atoms with Crippen molar-refractivity contribution >= 4 is 17.2 Å². The first kappa shape index (κ1) is 18.9. The van der Waals surface area contributed by atoms with Gasteiger partial charge in [-0.25, -0.2) is 4.98 Å². The van der Waals surface area contributed by atoms with Gasteiger partial charge in [0.2, 0.25) is 5.91 Å². The Morgan fingerprint density at radius 2 is 1.89 bits per heavy atom. The number of carbonyl (C=O) groups is 1. The molecule has 1 heterocycles. The van der Waals surface area contributed by atoms with Gasteiger partial charge in [0.1, 0.15) is 11.5 Å². The summed E-state index contributed by atoms with van der Waals surface area (Å²) in [4.78, 5) is 16.5. The smallest absolute Gasteiger partial charge is 0.220 e. The normalized spacial score (nSPS) is 10.5. The van der Waals surface area contributed by atoms with Crippen LogP contribution >= 0.6 is 11.3 Å². The summed E-state index contributed by atoms with van der Waals surface area (Å²) in [6.07, 6.45) is 1.83. The Hall–Kier alpha value is -2.86. The number of rotatable bonds is 9. The van der Waals surface area contributed by atoms with E-state index in [4.69, 9.17) is 4.74 Å². The van der Waals surface area contributed by atoms with E-state index in [1.807, 2.05) is 47.8 Å². The zero-order valence-electron chi connectivity index (χ0n) is 14.9. The van der Waals surface area contributed by atoms with Gasteiger partial charge in [-0.3, -0.25) is 4.79 Å². The summed E-state index contributed by atoms with van der Waals surface area (Å²) < 4.78 is 5.58. The topological polar surface area (TPSA) is 71.5 Å². The van der Waals surface area contributed by atoms with Gasteiger partial charge >= 0.3 is 0 Å². The Bertz CT molecular complexity index is 847. The van der Waals surface area contributed by atoms with Crippen LogP contribution in [0, 0.1) is 0 Å². The molecular formula is C21H22N2O3S. The van der Waals surface area contributed by atoms with Gasteiger partial charge in [-0.2, -0.15) is 0 Å². The van der Waals surface area contributed by atoms with E-state index in [2.05, 4.69) is 10.3 Å². The largest absolute Gasteiger partial charge is 0.508 e. The molecule has 0 radical (unpaired) electrons. The van der Waals surface area contributed by atoms with Crippen LogP contribution in [-0.4, -0.2) is 29.1 Å². The van der Waals surface area contributed by atoms with Crippen LogP contribution < -0.4 is 10.1 Å². The van der Waals surface area contributed by atoms with Crippen LogP contribution in [0.1, 0.15) is 17.8 Å². The van der Waals surface area contributed by atoms with Crippen LogP contribution in [0.4, 0.5) is 0 Å². The second-order valence-electron chi connectivity index (χ2n) is 6.04. The lowest BCUT2D eigenvalue weighted by Gasteiger charge is -2.06. The number of phenols is 1. The standard InChI is InChI=1S/C21H22N2O3S/c24-17-10-8-16(9-11-17)19-15-27-21(23-19)12-13-22-20(25)7-4-14-26-18-5-2-1-3-6-18/h1-3,5-6,8-11,15,24H,4,7,12-14H2,(H,22,25). The molecule has 0 bridgehead atoms. The highest BCUT2D eigenvalue weighted by Crippen LogP contribution is 2.23. The highest BCUT2D eigenvalue weighted by atomic mass is 32.1. The lowest BCUT2D eigenvalue weighted by atomic mass is 10.2. The summed E-state index contributed by atoms with van der Waals surface area (Å²) in [5, 5.41) is 15.2. The molecule has 0 saturated carbocycles. The molecule has 0 aliphatic heterocycles. The van der Waals surface area contributed by atoms with E-state index in [0.29, 0.717) is 32.4 Å². The van der Waals surface area contributed by atoms with Crippen molar-refractivity contribution in [3.05, 3.63) is 65.0 Å². The van der Waals surface area contributed by atoms with E-state index in [1.54, 1.807) is 23.5 Å². The van der Waals surface area contributed by atoms with Gasteiger partial charge in [-0.1, -0.05) is 18.2 Å². The molecule has 0 atom stereocenters. The lowest BCUT2D eigenvalue weighted by molar-refractivity contribution is -0.121. The summed E-state index contributed by atoms with van der Waals surface area (Å²) in [5.41, 5.74) is 1.86. The molecule has 5 nitrogen and oxygen atoms in total. The highest BCUT2D eigenvalue weighted by molar-refractivity contribution is 7.09. The van der Waals surface area contributed by atoms with Crippen molar-refractivity contribution in [2.24, 2.45) is 0 Å². The van der Waals surface area contributed by atoms with Gasteiger partial charge in [0.05, 0.1) is 17.3 Å². The molecule has 3 rings (SSSR count). The van der Waals surface area contributed by atoms with E-state index in [-0.39, 0.29) is 11.7 Å².